The fourth-order valence-electron chi connectivity index (χ4n) is 5.51. The van der Waals surface area contributed by atoms with Crippen molar-refractivity contribution in [2.75, 3.05) is 11.9 Å². The second-order valence-corrected chi connectivity index (χ2v) is 9.13. The highest BCUT2D eigenvalue weighted by molar-refractivity contribution is 5.96. The van der Waals surface area contributed by atoms with Gasteiger partial charge in [-0.15, -0.1) is 0 Å². The maximum absolute atomic E-state index is 4.67. The lowest BCUT2D eigenvalue weighted by molar-refractivity contribution is 0.659. The summed E-state index contributed by atoms with van der Waals surface area (Å²) in [5.41, 5.74) is 12.2. The summed E-state index contributed by atoms with van der Waals surface area (Å²) in [4.78, 5) is 0. The predicted molar refractivity (Wildman–Crippen MR) is 135 cm³/mol. The van der Waals surface area contributed by atoms with Crippen molar-refractivity contribution in [3.63, 3.8) is 0 Å². The van der Waals surface area contributed by atoms with Crippen LogP contribution in [0.15, 0.2) is 91.5 Å². The van der Waals surface area contributed by atoms with Crippen molar-refractivity contribution >= 4 is 17.3 Å². The molecular weight excluding hydrogens is 388 g/mol. The molecule has 32 heavy (non-hydrogen) atoms. The Hall–Kier alpha value is -3.78. The zero-order valence-corrected chi connectivity index (χ0v) is 18.5. The molecule has 0 spiro atoms. The number of anilines is 1. The van der Waals surface area contributed by atoms with E-state index in [2.05, 4.69) is 121 Å². The fourth-order valence-corrected chi connectivity index (χ4v) is 5.51. The standard InChI is InChI=1S/C30H26N2/c1-20-22-14-8-10-17-25(22)31-19-11-18-26-27(20)28-29(32(26)21-12-5-4-6-13-21)23-15-7-9-16-24(23)30(28,2)3/h4-18,31H,1,19H2,2-3H3/b18-11-. The van der Waals surface area contributed by atoms with Gasteiger partial charge in [-0.25, -0.2) is 0 Å². The summed E-state index contributed by atoms with van der Waals surface area (Å²) in [7, 11) is 0. The van der Waals surface area contributed by atoms with Crippen LogP contribution in [0.1, 0.15) is 41.8 Å². The summed E-state index contributed by atoms with van der Waals surface area (Å²) in [6.07, 6.45) is 4.49. The molecule has 156 valence electrons. The number of nitrogens with one attached hydrogen (secondary N) is 1. The SMILES string of the molecule is C=C1c2ccccc2NC/C=C\c2c1c1c(n2-c2ccccc2)-c2ccccc2C1(C)C. The van der Waals surface area contributed by atoms with Crippen LogP contribution in [0.5, 0.6) is 0 Å². The molecule has 1 N–H and O–H groups in total. The van der Waals surface area contributed by atoms with Gasteiger partial charge in [-0.1, -0.05) is 87.2 Å². The first-order valence-electron chi connectivity index (χ1n) is 11.2. The minimum atomic E-state index is -0.122. The Labute approximate surface area is 189 Å². The van der Waals surface area contributed by atoms with Gasteiger partial charge in [0.25, 0.3) is 0 Å². The van der Waals surface area contributed by atoms with Crippen LogP contribution in [-0.4, -0.2) is 11.1 Å². The van der Waals surface area contributed by atoms with Gasteiger partial charge >= 0.3 is 0 Å². The van der Waals surface area contributed by atoms with Gasteiger partial charge in [-0.3, -0.25) is 0 Å². The lowest BCUT2D eigenvalue weighted by atomic mass is 9.78. The minimum Gasteiger partial charge on any atom is -0.381 e. The fraction of sp³-hybridized carbons (Fsp3) is 0.133. The van der Waals surface area contributed by atoms with Gasteiger partial charge in [-0.2, -0.15) is 0 Å². The smallest absolute Gasteiger partial charge is 0.0585 e. The lowest BCUT2D eigenvalue weighted by Gasteiger charge is -2.24. The van der Waals surface area contributed by atoms with Crippen LogP contribution < -0.4 is 5.32 Å². The molecule has 0 bridgehead atoms. The molecular formula is C30H26N2. The molecule has 4 aromatic rings. The number of nitrogens with zero attached hydrogens (tertiary/aromatic N) is 1. The molecule has 1 aromatic heterocycles. The van der Waals surface area contributed by atoms with Crippen molar-refractivity contribution in [1.29, 1.82) is 0 Å². The van der Waals surface area contributed by atoms with E-state index in [1.54, 1.807) is 0 Å². The number of benzene rings is 3. The highest BCUT2D eigenvalue weighted by atomic mass is 15.0. The summed E-state index contributed by atoms with van der Waals surface area (Å²) in [5, 5.41) is 3.57. The number of aromatic nitrogens is 1. The molecule has 2 heteroatoms. The third-order valence-corrected chi connectivity index (χ3v) is 6.94. The van der Waals surface area contributed by atoms with E-state index in [4.69, 9.17) is 0 Å². The van der Waals surface area contributed by atoms with E-state index in [0.717, 1.165) is 23.4 Å². The Balaban J connectivity index is 1.78. The van der Waals surface area contributed by atoms with Crippen molar-refractivity contribution in [3.05, 3.63) is 119 Å². The summed E-state index contributed by atoms with van der Waals surface area (Å²) in [6.45, 7) is 10.1. The van der Waals surface area contributed by atoms with E-state index in [1.807, 2.05) is 0 Å². The van der Waals surface area contributed by atoms with Crippen LogP contribution in [0.3, 0.4) is 0 Å². The molecule has 0 saturated carbocycles. The van der Waals surface area contributed by atoms with Crippen LogP contribution in [0.25, 0.3) is 28.6 Å². The lowest BCUT2D eigenvalue weighted by Crippen LogP contribution is -2.16. The van der Waals surface area contributed by atoms with Gasteiger partial charge in [0.05, 0.1) is 11.4 Å². The number of para-hydroxylation sites is 2. The molecule has 1 aliphatic carbocycles. The maximum Gasteiger partial charge on any atom is 0.0585 e. The summed E-state index contributed by atoms with van der Waals surface area (Å²) < 4.78 is 2.44. The Kier molecular flexibility index (Phi) is 4.06. The van der Waals surface area contributed by atoms with Crippen LogP contribution >= 0.6 is 0 Å². The van der Waals surface area contributed by atoms with Gasteiger partial charge in [0.1, 0.15) is 0 Å². The second kappa shape index (κ2) is 6.86. The third-order valence-electron chi connectivity index (χ3n) is 6.94. The molecule has 2 nitrogen and oxygen atoms in total. The van der Waals surface area contributed by atoms with Gasteiger partial charge in [0.15, 0.2) is 0 Å². The molecule has 3 aromatic carbocycles. The summed E-state index contributed by atoms with van der Waals surface area (Å²) >= 11 is 0. The number of fused-ring (bicyclic) bond motifs is 6. The number of hydrogen-bond acceptors (Lipinski definition) is 1. The maximum atomic E-state index is 4.67. The number of rotatable bonds is 1. The number of hydrogen-bond donors (Lipinski definition) is 1. The predicted octanol–water partition coefficient (Wildman–Crippen LogP) is 7.28. The van der Waals surface area contributed by atoms with E-state index in [-0.39, 0.29) is 5.41 Å². The first kappa shape index (κ1) is 18.9. The second-order valence-electron chi connectivity index (χ2n) is 9.13. The van der Waals surface area contributed by atoms with Gasteiger partial charge < -0.3 is 9.88 Å². The molecule has 0 saturated heterocycles. The van der Waals surface area contributed by atoms with Crippen molar-refractivity contribution in [1.82, 2.24) is 4.57 Å². The molecule has 2 aliphatic rings. The van der Waals surface area contributed by atoms with Crippen molar-refractivity contribution in [2.45, 2.75) is 19.3 Å². The van der Waals surface area contributed by atoms with Crippen LogP contribution in [0.2, 0.25) is 0 Å². The quantitative estimate of drug-likeness (QED) is 0.346. The molecule has 0 unspecified atom stereocenters. The van der Waals surface area contributed by atoms with Gasteiger partial charge in [0, 0.05) is 40.0 Å². The van der Waals surface area contributed by atoms with Crippen LogP contribution in [0, 0.1) is 0 Å². The third kappa shape index (κ3) is 2.53. The largest absolute Gasteiger partial charge is 0.381 e. The van der Waals surface area contributed by atoms with E-state index in [0.29, 0.717) is 0 Å². The Morgan fingerprint density at radius 1 is 0.844 bits per heavy atom. The minimum absolute atomic E-state index is 0.122. The van der Waals surface area contributed by atoms with E-state index >= 15 is 0 Å². The highest BCUT2D eigenvalue weighted by Gasteiger charge is 2.42. The van der Waals surface area contributed by atoms with Crippen molar-refractivity contribution < 1.29 is 0 Å². The Morgan fingerprint density at radius 2 is 1.53 bits per heavy atom. The van der Waals surface area contributed by atoms with E-state index in [1.165, 1.54) is 39.3 Å². The zero-order chi connectivity index (χ0) is 21.9. The molecule has 6 rings (SSSR count). The summed E-state index contributed by atoms with van der Waals surface area (Å²) in [6, 6.07) is 28.1. The average molecular weight is 415 g/mol. The molecule has 0 fully saturated rings. The summed E-state index contributed by atoms with van der Waals surface area (Å²) in [5.74, 6) is 0. The van der Waals surface area contributed by atoms with E-state index in [9.17, 15) is 0 Å². The van der Waals surface area contributed by atoms with Crippen molar-refractivity contribution in [3.8, 4) is 16.9 Å². The normalized spacial score (nSPS) is 16.5. The Morgan fingerprint density at radius 3 is 2.34 bits per heavy atom. The van der Waals surface area contributed by atoms with Gasteiger partial charge in [0.2, 0.25) is 0 Å². The first-order valence-corrected chi connectivity index (χ1v) is 11.2. The molecule has 0 radical (unpaired) electrons. The zero-order valence-electron chi connectivity index (χ0n) is 18.5. The Bertz CT molecular complexity index is 1400. The monoisotopic (exact) mass is 414 g/mol. The highest BCUT2D eigenvalue weighted by Crippen LogP contribution is 2.55. The van der Waals surface area contributed by atoms with E-state index < -0.39 is 0 Å². The van der Waals surface area contributed by atoms with Crippen LogP contribution in [0.4, 0.5) is 5.69 Å². The van der Waals surface area contributed by atoms with Gasteiger partial charge in [-0.05, 0) is 41.0 Å². The molecule has 0 atom stereocenters. The topological polar surface area (TPSA) is 17.0 Å². The molecule has 0 amide bonds. The van der Waals surface area contributed by atoms with Crippen LogP contribution in [-0.2, 0) is 5.41 Å². The molecule has 2 heterocycles. The van der Waals surface area contributed by atoms with Crippen molar-refractivity contribution in [2.24, 2.45) is 0 Å². The average Bonchev–Trinajstić information content (AvgIpc) is 3.29. The molecule has 1 aliphatic heterocycles. The first-order chi connectivity index (χ1) is 15.6.